The zero-order valence-corrected chi connectivity index (χ0v) is 55.4. The predicted octanol–water partition coefficient (Wildman–Crippen LogP) is 21.7. The molecule has 1 fully saturated rings. The van der Waals surface area contributed by atoms with Crippen LogP contribution in [0, 0.1) is 0 Å². The number of thiophene rings is 1. The Bertz CT molecular complexity index is 4770. The minimum Gasteiger partial charge on any atom is -0.454 e. The van der Waals surface area contributed by atoms with Gasteiger partial charge in [-0.25, -0.2) is 0 Å². The molecule has 0 bridgehead atoms. The summed E-state index contributed by atoms with van der Waals surface area (Å²) in [5, 5.41) is 4.94. The van der Waals surface area contributed by atoms with Crippen molar-refractivity contribution < 1.29 is 4.42 Å². The van der Waals surface area contributed by atoms with E-state index >= 15 is 0 Å². The second-order valence-corrected chi connectivity index (χ2v) is 33.0. The lowest BCUT2D eigenvalue weighted by molar-refractivity contribution is 0.195. The standard InChI is InChI=1S/C82H84BN3OS/c1-76(2,3)50-30-34-63(56(42-50)49-24-17-16-18-25-49)85-68-46-53(86-64-35-31-52(78(7,8)9)44-60(64)81(14)38-21-22-39-82(81,86)15)45-67-73(68)83(61-33-37-71-72(74(61)85)57-43-51(77(4,5)6)32-36-70(57)88-71)62-47-58-59(80(12,13)41-40-79(58,10)11)48-66(62)84(67)65-28-23-27-55-54-26-19-20-29-69(54)87-75(55)65/h16-20,23-37,42-48H,21-22,38-41H2,1-15H3. The van der Waals surface area contributed by atoms with E-state index in [-0.39, 0.29) is 44.7 Å². The maximum Gasteiger partial charge on any atom is 0.252 e. The number of nitrogens with zero attached hydrogens (tertiary/aromatic N) is 3. The molecular weight excluding hydrogens is 1090 g/mol. The summed E-state index contributed by atoms with van der Waals surface area (Å²) < 4.78 is 9.90. The van der Waals surface area contributed by atoms with Crippen molar-refractivity contribution in [1.82, 2.24) is 0 Å². The van der Waals surface area contributed by atoms with E-state index in [4.69, 9.17) is 4.42 Å². The molecule has 0 radical (unpaired) electrons. The lowest BCUT2D eigenvalue weighted by Crippen LogP contribution is -2.62. The second-order valence-electron chi connectivity index (χ2n) is 31.9. The number of furan rings is 1. The summed E-state index contributed by atoms with van der Waals surface area (Å²) in [7, 11) is 0. The van der Waals surface area contributed by atoms with E-state index in [9.17, 15) is 0 Å². The Balaban J connectivity index is 1.12. The lowest BCUT2D eigenvalue weighted by Gasteiger charge is -2.51. The number of rotatable bonds is 4. The third-order valence-electron chi connectivity index (χ3n) is 22.5. The zero-order chi connectivity index (χ0) is 61.1. The summed E-state index contributed by atoms with van der Waals surface area (Å²) in [5.41, 5.74) is 26.0. The first kappa shape index (κ1) is 55.8. The average Bonchev–Trinajstić information content (AvgIpc) is 1.50. The van der Waals surface area contributed by atoms with Crippen LogP contribution in [0.15, 0.2) is 168 Å². The first-order chi connectivity index (χ1) is 41.7. The molecule has 0 amide bonds. The minimum absolute atomic E-state index is 0.00111. The number of hydrogen-bond donors (Lipinski definition) is 0. The monoisotopic (exact) mass is 1170 g/mol. The van der Waals surface area contributed by atoms with E-state index in [1.54, 1.807) is 0 Å². The molecule has 2 aromatic heterocycles. The van der Waals surface area contributed by atoms with Crippen molar-refractivity contribution in [2.75, 3.05) is 14.7 Å². The molecule has 1 saturated carbocycles. The van der Waals surface area contributed by atoms with Crippen LogP contribution in [-0.2, 0) is 32.5 Å². The van der Waals surface area contributed by atoms with Crippen molar-refractivity contribution in [2.45, 2.75) is 180 Å². The average molecular weight is 1170 g/mol. The van der Waals surface area contributed by atoms with Gasteiger partial charge in [0.15, 0.2) is 5.58 Å². The summed E-state index contributed by atoms with van der Waals surface area (Å²) in [6.07, 6.45) is 6.90. The lowest BCUT2D eigenvalue weighted by atomic mass is 9.33. The molecule has 2 atom stereocenters. The molecule has 0 N–H and O–H groups in total. The van der Waals surface area contributed by atoms with Gasteiger partial charge in [-0.3, -0.25) is 0 Å². The molecule has 5 aliphatic rings. The SMILES string of the molecule is CC(C)(C)c1ccc(N2c3cc(N4c5ccc(C(C)(C)C)cc5C5(C)CCCCC45C)cc4c3B(c3cc5c(cc3N4c3cccc4c3oc3ccccc34)C(C)(C)CCC5(C)C)c3ccc4sc5ccc(C(C)(C)C)cc5c4c32)c(-c2ccccc2)c1. The Kier molecular flexibility index (Phi) is 11.7. The summed E-state index contributed by atoms with van der Waals surface area (Å²) in [6.45, 7) is 36.4. The molecule has 2 unspecified atom stereocenters. The fraction of sp³-hybridized carbons (Fsp3) is 0.341. The van der Waals surface area contributed by atoms with E-state index in [2.05, 4.69) is 282 Å². The van der Waals surface area contributed by atoms with Crippen LogP contribution in [0.2, 0.25) is 0 Å². The van der Waals surface area contributed by atoms with Crippen LogP contribution in [-0.4, -0.2) is 12.3 Å². The summed E-state index contributed by atoms with van der Waals surface area (Å²) in [6, 6.07) is 64.9. The fourth-order valence-corrected chi connectivity index (χ4v) is 18.1. The molecule has 16 rings (SSSR count). The summed E-state index contributed by atoms with van der Waals surface area (Å²) in [5.74, 6) is 0. The van der Waals surface area contributed by atoms with Crippen LogP contribution in [0.5, 0.6) is 0 Å². The number of anilines is 8. The molecule has 442 valence electrons. The van der Waals surface area contributed by atoms with Gasteiger partial charge in [0.25, 0.3) is 6.71 Å². The van der Waals surface area contributed by atoms with Crippen molar-refractivity contribution >= 4 is 122 Å². The van der Waals surface area contributed by atoms with Crippen LogP contribution in [0.3, 0.4) is 0 Å². The predicted molar refractivity (Wildman–Crippen MR) is 380 cm³/mol. The highest BCUT2D eigenvalue weighted by molar-refractivity contribution is 7.26. The molecule has 0 spiro atoms. The van der Waals surface area contributed by atoms with Crippen LogP contribution in [0.4, 0.5) is 45.5 Å². The Labute approximate surface area is 526 Å². The Morgan fingerprint density at radius 2 is 1.07 bits per heavy atom. The number of benzene rings is 9. The maximum absolute atomic E-state index is 7.27. The third-order valence-corrected chi connectivity index (χ3v) is 23.7. The fourth-order valence-electron chi connectivity index (χ4n) is 17.1. The Hall–Kier alpha value is -7.54. The number of hydrogen-bond acceptors (Lipinski definition) is 5. The Morgan fingerprint density at radius 3 is 1.80 bits per heavy atom. The highest BCUT2D eigenvalue weighted by Gasteiger charge is 2.59. The molecule has 3 aliphatic heterocycles. The smallest absolute Gasteiger partial charge is 0.252 e. The highest BCUT2D eigenvalue weighted by atomic mass is 32.1. The Morgan fingerprint density at radius 1 is 0.455 bits per heavy atom. The van der Waals surface area contributed by atoms with Gasteiger partial charge in [-0.2, -0.15) is 0 Å². The molecule has 88 heavy (non-hydrogen) atoms. The van der Waals surface area contributed by atoms with Crippen LogP contribution >= 0.6 is 11.3 Å². The van der Waals surface area contributed by atoms with Crippen molar-refractivity contribution in [2.24, 2.45) is 0 Å². The first-order valence-electron chi connectivity index (χ1n) is 32.8. The van der Waals surface area contributed by atoms with Gasteiger partial charge in [0.05, 0.1) is 22.6 Å². The summed E-state index contributed by atoms with van der Waals surface area (Å²) in [4.78, 5) is 8.34. The maximum atomic E-state index is 7.27. The van der Waals surface area contributed by atoms with Gasteiger partial charge in [0.1, 0.15) is 5.58 Å². The third kappa shape index (κ3) is 7.88. The van der Waals surface area contributed by atoms with Crippen molar-refractivity contribution in [3.8, 4) is 11.1 Å². The van der Waals surface area contributed by atoms with Gasteiger partial charge in [-0.1, -0.05) is 207 Å². The molecule has 5 heterocycles. The van der Waals surface area contributed by atoms with E-state index in [1.165, 1.54) is 134 Å². The van der Waals surface area contributed by atoms with Gasteiger partial charge in [0, 0.05) is 70.4 Å². The van der Waals surface area contributed by atoms with Crippen molar-refractivity contribution in [3.63, 3.8) is 0 Å². The molecule has 2 aliphatic carbocycles. The van der Waals surface area contributed by atoms with Gasteiger partial charge < -0.3 is 19.1 Å². The number of fused-ring (bicyclic) bond motifs is 15. The molecular formula is C82H84BN3OS. The topological polar surface area (TPSA) is 22.9 Å². The molecule has 0 saturated heterocycles. The zero-order valence-electron chi connectivity index (χ0n) is 54.6. The van der Waals surface area contributed by atoms with Gasteiger partial charge in [-0.05, 0) is 182 Å². The second kappa shape index (κ2) is 18.5. The molecule has 11 aromatic rings. The van der Waals surface area contributed by atoms with Gasteiger partial charge in [-0.15, -0.1) is 11.3 Å². The van der Waals surface area contributed by atoms with Crippen LogP contribution in [0.1, 0.15) is 176 Å². The molecule has 4 nitrogen and oxygen atoms in total. The highest BCUT2D eigenvalue weighted by Crippen LogP contribution is 2.63. The van der Waals surface area contributed by atoms with Crippen molar-refractivity contribution in [1.29, 1.82) is 0 Å². The van der Waals surface area contributed by atoms with Gasteiger partial charge in [0.2, 0.25) is 0 Å². The normalized spacial score (nSPS) is 20.1. The van der Waals surface area contributed by atoms with Crippen LogP contribution < -0.4 is 31.1 Å². The first-order valence-corrected chi connectivity index (χ1v) is 33.6. The quantitative estimate of drug-likeness (QED) is 0.164. The van der Waals surface area contributed by atoms with Crippen molar-refractivity contribution in [3.05, 3.63) is 197 Å². The molecule has 9 aromatic carbocycles. The van der Waals surface area contributed by atoms with Crippen LogP contribution in [0.25, 0.3) is 53.2 Å². The van der Waals surface area contributed by atoms with E-state index < -0.39 is 0 Å². The van der Waals surface area contributed by atoms with E-state index in [0.29, 0.717) is 0 Å². The summed E-state index contributed by atoms with van der Waals surface area (Å²) >= 11 is 1.95. The number of para-hydroxylation sites is 2. The molecule has 6 heteroatoms. The van der Waals surface area contributed by atoms with E-state index in [0.717, 1.165) is 53.3 Å². The van der Waals surface area contributed by atoms with Gasteiger partial charge >= 0.3 is 0 Å². The van der Waals surface area contributed by atoms with E-state index in [1.807, 2.05) is 11.3 Å². The largest absolute Gasteiger partial charge is 0.454 e. The minimum atomic E-state index is -0.226.